The first kappa shape index (κ1) is 15.8. The maximum Gasteiger partial charge on any atom is 0.336 e. The molecule has 0 heterocycles. The number of carbonyl (C=O) groups excluding carboxylic acids is 1. The average molecular weight is 298 g/mol. The fourth-order valence-corrected chi connectivity index (χ4v) is 2.16. The molecule has 114 valence electrons. The zero-order chi connectivity index (χ0) is 15.9. The Labute approximate surface area is 129 Å². The number of hydrogen-bond acceptors (Lipinski definition) is 4. The molecule has 2 aromatic rings. The van der Waals surface area contributed by atoms with E-state index in [0.717, 1.165) is 5.56 Å². The third-order valence-electron chi connectivity index (χ3n) is 3.27. The smallest absolute Gasteiger partial charge is 0.336 e. The maximum absolute atomic E-state index is 12.0. The molecular weight excluding hydrogens is 280 g/mol. The second-order valence-corrected chi connectivity index (χ2v) is 4.65. The summed E-state index contributed by atoms with van der Waals surface area (Å²) in [5.74, 6) is -0.0693. The summed E-state index contributed by atoms with van der Waals surface area (Å²) in [6, 6.07) is 16.3. The van der Waals surface area contributed by atoms with Gasteiger partial charge in [0.25, 0.3) is 0 Å². The number of benzene rings is 2. The molecule has 0 spiro atoms. The molecule has 4 nitrogen and oxygen atoms in total. The van der Waals surface area contributed by atoms with E-state index in [1.165, 1.54) is 14.2 Å². The number of rotatable bonds is 5. The summed E-state index contributed by atoms with van der Waals surface area (Å²) < 4.78 is 10.0. The summed E-state index contributed by atoms with van der Waals surface area (Å²) in [6.45, 7) is 0. The standard InChI is InChI=1S/C18H18O4/c1-21-16-11-7-6-10-14(16)17(19)15(18(20)22-2)12-13-8-4-3-5-9-13/h3-12,17,19H,1-2H3/b15-12+. The molecule has 0 fully saturated rings. The topological polar surface area (TPSA) is 55.8 Å². The van der Waals surface area contributed by atoms with Crippen LogP contribution in [0, 0.1) is 0 Å². The molecule has 0 amide bonds. The highest BCUT2D eigenvalue weighted by Crippen LogP contribution is 2.31. The lowest BCUT2D eigenvalue weighted by atomic mass is 9.98. The summed E-state index contributed by atoms with van der Waals surface area (Å²) in [7, 11) is 2.81. The highest BCUT2D eigenvalue weighted by molar-refractivity contribution is 5.95. The molecule has 4 heteroatoms. The van der Waals surface area contributed by atoms with E-state index in [4.69, 9.17) is 9.47 Å². The van der Waals surface area contributed by atoms with E-state index in [0.29, 0.717) is 11.3 Å². The first-order valence-electron chi connectivity index (χ1n) is 6.83. The number of methoxy groups -OCH3 is 2. The van der Waals surface area contributed by atoms with Gasteiger partial charge in [-0.15, -0.1) is 0 Å². The van der Waals surface area contributed by atoms with Crippen LogP contribution in [0.5, 0.6) is 5.75 Å². The molecular formula is C18H18O4. The lowest BCUT2D eigenvalue weighted by molar-refractivity contribution is -0.137. The second-order valence-electron chi connectivity index (χ2n) is 4.65. The third-order valence-corrected chi connectivity index (χ3v) is 3.27. The van der Waals surface area contributed by atoms with E-state index in [9.17, 15) is 9.90 Å². The largest absolute Gasteiger partial charge is 0.496 e. The molecule has 0 aliphatic rings. The molecule has 0 radical (unpaired) electrons. The normalized spacial score (nSPS) is 12.6. The summed E-state index contributed by atoms with van der Waals surface area (Å²) in [5.41, 5.74) is 1.47. The molecule has 0 saturated heterocycles. The highest BCUT2D eigenvalue weighted by Gasteiger charge is 2.23. The predicted octanol–water partition coefficient (Wildman–Crippen LogP) is 2.99. The van der Waals surface area contributed by atoms with Crippen molar-refractivity contribution >= 4 is 12.0 Å². The number of ether oxygens (including phenoxy) is 2. The van der Waals surface area contributed by atoms with E-state index >= 15 is 0 Å². The average Bonchev–Trinajstić information content (AvgIpc) is 2.59. The lowest BCUT2D eigenvalue weighted by Crippen LogP contribution is -2.14. The van der Waals surface area contributed by atoms with Gasteiger partial charge in [0.05, 0.1) is 19.8 Å². The molecule has 2 aromatic carbocycles. The second kappa shape index (κ2) is 7.43. The van der Waals surface area contributed by atoms with Gasteiger partial charge in [-0.05, 0) is 17.7 Å². The van der Waals surface area contributed by atoms with Crippen LogP contribution in [-0.4, -0.2) is 25.3 Å². The molecule has 0 aliphatic carbocycles. The molecule has 2 rings (SSSR count). The van der Waals surface area contributed by atoms with E-state index < -0.39 is 12.1 Å². The van der Waals surface area contributed by atoms with Crippen molar-refractivity contribution in [1.82, 2.24) is 0 Å². The fourth-order valence-electron chi connectivity index (χ4n) is 2.16. The Bertz CT molecular complexity index is 662. The molecule has 0 bridgehead atoms. The van der Waals surface area contributed by atoms with Crippen LogP contribution >= 0.6 is 0 Å². The van der Waals surface area contributed by atoms with Crippen molar-refractivity contribution in [3.8, 4) is 5.75 Å². The zero-order valence-electron chi connectivity index (χ0n) is 12.5. The van der Waals surface area contributed by atoms with Crippen LogP contribution in [0.25, 0.3) is 6.08 Å². The fraction of sp³-hybridized carbons (Fsp3) is 0.167. The first-order chi connectivity index (χ1) is 10.7. The SMILES string of the molecule is COC(=O)/C(=C/c1ccccc1)C(O)c1ccccc1OC. The van der Waals surface area contributed by atoms with E-state index in [2.05, 4.69) is 0 Å². The van der Waals surface area contributed by atoms with Gasteiger partial charge in [0.2, 0.25) is 0 Å². The highest BCUT2D eigenvalue weighted by atomic mass is 16.5. The van der Waals surface area contributed by atoms with Crippen LogP contribution in [0.15, 0.2) is 60.2 Å². The minimum Gasteiger partial charge on any atom is -0.496 e. The van der Waals surface area contributed by atoms with Crippen molar-refractivity contribution in [1.29, 1.82) is 0 Å². The number of aliphatic hydroxyl groups is 1. The van der Waals surface area contributed by atoms with E-state index in [-0.39, 0.29) is 5.57 Å². The Morgan fingerprint density at radius 3 is 2.32 bits per heavy atom. The van der Waals surface area contributed by atoms with Gasteiger partial charge in [-0.25, -0.2) is 4.79 Å². The van der Waals surface area contributed by atoms with Crippen LogP contribution in [0.4, 0.5) is 0 Å². The monoisotopic (exact) mass is 298 g/mol. The van der Waals surface area contributed by atoms with Crippen molar-refractivity contribution in [2.45, 2.75) is 6.10 Å². The van der Waals surface area contributed by atoms with Gasteiger partial charge in [-0.1, -0.05) is 48.5 Å². The van der Waals surface area contributed by atoms with Gasteiger partial charge >= 0.3 is 5.97 Å². The Morgan fingerprint density at radius 2 is 1.68 bits per heavy atom. The van der Waals surface area contributed by atoms with Crippen molar-refractivity contribution in [2.24, 2.45) is 0 Å². The Balaban J connectivity index is 2.46. The number of hydrogen-bond donors (Lipinski definition) is 1. The van der Waals surface area contributed by atoms with Gasteiger partial charge < -0.3 is 14.6 Å². The van der Waals surface area contributed by atoms with Crippen LogP contribution < -0.4 is 4.74 Å². The van der Waals surface area contributed by atoms with Crippen LogP contribution in [0.3, 0.4) is 0 Å². The summed E-state index contributed by atoms with van der Waals surface area (Å²) >= 11 is 0. The molecule has 0 aromatic heterocycles. The lowest BCUT2D eigenvalue weighted by Gasteiger charge is -2.16. The van der Waals surface area contributed by atoms with Crippen molar-refractivity contribution in [3.63, 3.8) is 0 Å². The van der Waals surface area contributed by atoms with E-state index in [1.807, 2.05) is 30.3 Å². The quantitative estimate of drug-likeness (QED) is 0.681. The Kier molecular flexibility index (Phi) is 5.33. The molecule has 1 N–H and O–H groups in total. The summed E-state index contributed by atoms with van der Waals surface area (Å²) in [4.78, 5) is 12.0. The van der Waals surface area contributed by atoms with Gasteiger partial charge in [-0.2, -0.15) is 0 Å². The molecule has 1 unspecified atom stereocenters. The first-order valence-corrected chi connectivity index (χ1v) is 6.83. The van der Waals surface area contributed by atoms with Crippen molar-refractivity contribution in [3.05, 3.63) is 71.3 Å². The van der Waals surface area contributed by atoms with E-state index in [1.54, 1.807) is 30.3 Å². The number of para-hydroxylation sites is 1. The van der Waals surface area contributed by atoms with Crippen LogP contribution in [0.2, 0.25) is 0 Å². The molecule has 0 saturated carbocycles. The van der Waals surface area contributed by atoms with Crippen LogP contribution in [-0.2, 0) is 9.53 Å². The van der Waals surface area contributed by atoms with Crippen LogP contribution in [0.1, 0.15) is 17.2 Å². The number of aliphatic hydroxyl groups excluding tert-OH is 1. The summed E-state index contributed by atoms with van der Waals surface area (Å²) in [5, 5.41) is 10.6. The number of esters is 1. The Hall–Kier alpha value is -2.59. The van der Waals surface area contributed by atoms with Crippen molar-refractivity contribution in [2.75, 3.05) is 14.2 Å². The minimum atomic E-state index is -1.14. The minimum absolute atomic E-state index is 0.151. The van der Waals surface area contributed by atoms with Crippen molar-refractivity contribution < 1.29 is 19.4 Å². The number of carbonyl (C=O) groups is 1. The predicted molar refractivity (Wildman–Crippen MR) is 84.4 cm³/mol. The summed E-state index contributed by atoms with van der Waals surface area (Å²) in [6.07, 6.45) is 0.479. The molecule has 0 aliphatic heterocycles. The molecule has 22 heavy (non-hydrogen) atoms. The van der Waals surface area contributed by atoms with Gasteiger partial charge in [0.15, 0.2) is 0 Å². The molecule has 1 atom stereocenters. The van der Waals surface area contributed by atoms with Gasteiger partial charge in [0, 0.05) is 5.56 Å². The third kappa shape index (κ3) is 3.54. The van der Waals surface area contributed by atoms with Gasteiger partial charge in [-0.3, -0.25) is 0 Å². The zero-order valence-corrected chi connectivity index (χ0v) is 12.5. The Morgan fingerprint density at radius 1 is 1.05 bits per heavy atom. The van der Waals surface area contributed by atoms with Gasteiger partial charge in [0.1, 0.15) is 11.9 Å². The maximum atomic E-state index is 12.0.